The van der Waals surface area contributed by atoms with Crippen LogP contribution < -0.4 is 10.6 Å². The summed E-state index contributed by atoms with van der Waals surface area (Å²) in [6.45, 7) is -0.161. The first kappa shape index (κ1) is 16.0. The molecule has 0 bridgehead atoms. The second-order valence-corrected chi connectivity index (χ2v) is 5.02. The van der Waals surface area contributed by atoms with Crippen molar-refractivity contribution in [3.8, 4) is 0 Å². The number of primary amides is 1. The van der Waals surface area contributed by atoms with Crippen molar-refractivity contribution in [1.82, 2.24) is 0 Å². The van der Waals surface area contributed by atoms with Gasteiger partial charge in [0.2, 0.25) is 0 Å². The average molecular weight is 319 g/mol. The molecule has 1 aliphatic rings. The third kappa shape index (κ3) is 2.82. The minimum atomic E-state index is -4.89. The van der Waals surface area contributed by atoms with E-state index >= 15 is 0 Å². The molecule has 0 radical (unpaired) electrons. The SMILES string of the molecule is NC(=O)[C@@]1(O)CCN(c2ccc([N+](=O)[O-])c(C(F)(F)F)c2)C1. The fourth-order valence-electron chi connectivity index (χ4n) is 2.32. The summed E-state index contributed by atoms with van der Waals surface area (Å²) in [5.41, 5.74) is 0.815. The average Bonchev–Trinajstić information content (AvgIpc) is 2.81. The van der Waals surface area contributed by atoms with E-state index < -0.39 is 33.9 Å². The summed E-state index contributed by atoms with van der Waals surface area (Å²) in [7, 11) is 0. The lowest BCUT2D eigenvalue weighted by molar-refractivity contribution is -0.388. The first-order valence-corrected chi connectivity index (χ1v) is 6.17. The number of nitrogens with zero attached hydrogens (tertiary/aromatic N) is 2. The number of carbonyl (C=O) groups excluding carboxylic acids is 1. The molecule has 0 aliphatic carbocycles. The van der Waals surface area contributed by atoms with E-state index in [1.165, 1.54) is 4.90 Å². The summed E-state index contributed by atoms with van der Waals surface area (Å²) in [4.78, 5) is 22.0. The zero-order valence-corrected chi connectivity index (χ0v) is 11.1. The summed E-state index contributed by atoms with van der Waals surface area (Å²) in [6, 6.07) is 2.52. The number of rotatable bonds is 3. The van der Waals surface area contributed by atoms with E-state index in [4.69, 9.17) is 5.73 Å². The zero-order valence-electron chi connectivity index (χ0n) is 11.1. The van der Waals surface area contributed by atoms with Crippen molar-refractivity contribution in [2.75, 3.05) is 18.0 Å². The fourth-order valence-corrected chi connectivity index (χ4v) is 2.32. The van der Waals surface area contributed by atoms with E-state index in [1.807, 2.05) is 0 Å². The van der Waals surface area contributed by atoms with Gasteiger partial charge < -0.3 is 15.7 Å². The topological polar surface area (TPSA) is 110 Å². The molecule has 1 atom stereocenters. The lowest BCUT2D eigenvalue weighted by atomic mass is 10.0. The number of aliphatic hydroxyl groups is 1. The van der Waals surface area contributed by atoms with Crippen molar-refractivity contribution in [2.24, 2.45) is 5.73 Å². The first-order chi connectivity index (χ1) is 10.0. The Labute approximate surface area is 122 Å². The van der Waals surface area contributed by atoms with Crippen LogP contribution in [0.5, 0.6) is 0 Å². The van der Waals surface area contributed by atoms with Crippen LogP contribution in [0.1, 0.15) is 12.0 Å². The summed E-state index contributed by atoms with van der Waals surface area (Å²) < 4.78 is 38.7. The number of amides is 1. The Bertz CT molecular complexity index is 635. The molecular weight excluding hydrogens is 307 g/mol. The summed E-state index contributed by atoms with van der Waals surface area (Å²) >= 11 is 0. The van der Waals surface area contributed by atoms with E-state index in [1.54, 1.807) is 0 Å². The van der Waals surface area contributed by atoms with Gasteiger partial charge in [-0.05, 0) is 12.1 Å². The number of β-amino-alcohol motifs (C(OH)–C–C–N with tert-alkyl or cyclic N) is 1. The van der Waals surface area contributed by atoms with Gasteiger partial charge in [0, 0.05) is 24.7 Å². The molecule has 0 unspecified atom stereocenters. The van der Waals surface area contributed by atoms with Gasteiger partial charge in [-0.2, -0.15) is 13.2 Å². The molecule has 0 aromatic heterocycles. The largest absolute Gasteiger partial charge is 0.423 e. The van der Waals surface area contributed by atoms with Gasteiger partial charge in [-0.25, -0.2) is 0 Å². The molecule has 22 heavy (non-hydrogen) atoms. The number of nitro groups is 1. The highest BCUT2D eigenvalue weighted by Gasteiger charge is 2.43. The van der Waals surface area contributed by atoms with Crippen molar-refractivity contribution in [1.29, 1.82) is 0 Å². The zero-order chi connectivity index (χ0) is 16.7. The van der Waals surface area contributed by atoms with Gasteiger partial charge in [0.15, 0.2) is 5.60 Å². The molecule has 1 fully saturated rings. The number of nitrogens with two attached hydrogens (primary N) is 1. The van der Waals surface area contributed by atoms with Gasteiger partial charge in [-0.15, -0.1) is 0 Å². The molecule has 10 heteroatoms. The molecule has 1 aromatic rings. The lowest BCUT2D eigenvalue weighted by Crippen LogP contribution is -2.46. The second kappa shape index (κ2) is 5.13. The Morgan fingerprint density at radius 2 is 2.09 bits per heavy atom. The van der Waals surface area contributed by atoms with Crippen molar-refractivity contribution < 1.29 is 28.0 Å². The molecule has 1 amide bonds. The fraction of sp³-hybridized carbons (Fsp3) is 0.417. The number of halogens is 3. The molecule has 1 aliphatic heterocycles. The van der Waals surface area contributed by atoms with Gasteiger partial charge in [0.1, 0.15) is 5.56 Å². The molecule has 7 nitrogen and oxygen atoms in total. The van der Waals surface area contributed by atoms with Crippen LogP contribution in [0.25, 0.3) is 0 Å². The predicted octanol–water partition coefficient (Wildman–Crippen LogP) is 1.04. The van der Waals surface area contributed by atoms with Gasteiger partial charge in [-0.1, -0.05) is 0 Å². The number of hydrogen-bond acceptors (Lipinski definition) is 5. The van der Waals surface area contributed by atoms with Crippen molar-refractivity contribution >= 4 is 17.3 Å². The Morgan fingerprint density at radius 3 is 2.55 bits per heavy atom. The summed E-state index contributed by atoms with van der Waals surface area (Å²) in [5, 5.41) is 20.6. The van der Waals surface area contributed by atoms with Crippen molar-refractivity contribution in [3.63, 3.8) is 0 Å². The highest BCUT2D eigenvalue weighted by molar-refractivity contribution is 5.85. The first-order valence-electron chi connectivity index (χ1n) is 6.17. The molecule has 120 valence electrons. The normalized spacial score (nSPS) is 21.9. The predicted molar refractivity (Wildman–Crippen MR) is 69.1 cm³/mol. The Kier molecular flexibility index (Phi) is 3.73. The third-order valence-corrected chi connectivity index (χ3v) is 3.55. The van der Waals surface area contributed by atoms with E-state index in [0.29, 0.717) is 6.07 Å². The standard InChI is InChI=1S/C12H12F3N3O4/c13-12(14,15)8-5-7(1-2-9(8)18(21)22)17-4-3-11(20,6-17)10(16)19/h1-2,5,20H,3-4,6H2,(H2,16,19)/t11-/m1/s1. The lowest BCUT2D eigenvalue weighted by Gasteiger charge is -2.22. The van der Waals surface area contributed by atoms with E-state index in [-0.39, 0.29) is 25.2 Å². The van der Waals surface area contributed by atoms with Crippen LogP contribution in [-0.2, 0) is 11.0 Å². The van der Waals surface area contributed by atoms with E-state index in [0.717, 1.165) is 12.1 Å². The number of alkyl halides is 3. The number of hydrogen-bond donors (Lipinski definition) is 2. The number of carbonyl (C=O) groups is 1. The van der Waals surface area contributed by atoms with Crippen LogP contribution in [-0.4, -0.2) is 34.6 Å². The molecule has 1 heterocycles. The number of anilines is 1. The third-order valence-electron chi connectivity index (χ3n) is 3.55. The second-order valence-electron chi connectivity index (χ2n) is 5.02. The Morgan fingerprint density at radius 1 is 1.45 bits per heavy atom. The van der Waals surface area contributed by atoms with Crippen LogP contribution in [0.4, 0.5) is 24.5 Å². The molecule has 0 saturated carbocycles. The number of nitro benzene ring substituents is 1. The summed E-state index contributed by atoms with van der Waals surface area (Å²) in [5.74, 6) is -0.965. The smallest absolute Gasteiger partial charge is 0.378 e. The molecule has 0 spiro atoms. The van der Waals surface area contributed by atoms with Gasteiger partial charge in [0.25, 0.3) is 11.6 Å². The maximum atomic E-state index is 12.9. The van der Waals surface area contributed by atoms with Crippen LogP contribution in [0.15, 0.2) is 18.2 Å². The van der Waals surface area contributed by atoms with Crippen LogP contribution in [0.3, 0.4) is 0 Å². The summed E-state index contributed by atoms with van der Waals surface area (Å²) in [6.07, 6.45) is -4.92. The van der Waals surface area contributed by atoms with Crippen LogP contribution in [0.2, 0.25) is 0 Å². The Balaban J connectivity index is 2.39. The molecule has 2 rings (SSSR count). The highest BCUT2D eigenvalue weighted by Crippen LogP contribution is 2.39. The Hall–Kier alpha value is -2.36. The quantitative estimate of drug-likeness (QED) is 0.639. The van der Waals surface area contributed by atoms with E-state index in [2.05, 4.69) is 0 Å². The van der Waals surface area contributed by atoms with Crippen LogP contribution in [0, 0.1) is 10.1 Å². The van der Waals surface area contributed by atoms with Crippen LogP contribution >= 0.6 is 0 Å². The molecule has 3 N–H and O–H groups in total. The van der Waals surface area contributed by atoms with Crippen molar-refractivity contribution in [3.05, 3.63) is 33.9 Å². The maximum absolute atomic E-state index is 12.9. The molecule has 1 aromatic carbocycles. The minimum absolute atomic E-state index is 0.0232. The number of benzene rings is 1. The molecule has 1 saturated heterocycles. The van der Waals surface area contributed by atoms with Crippen molar-refractivity contribution in [2.45, 2.75) is 18.2 Å². The van der Waals surface area contributed by atoms with Gasteiger partial charge >= 0.3 is 6.18 Å². The minimum Gasteiger partial charge on any atom is -0.378 e. The maximum Gasteiger partial charge on any atom is 0.423 e. The van der Waals surface area contributed by atoms with Gasteiger partial charge in [-0.3, -0.25) is 14.9 Å². The monoisotopic (exact) mass is 319 g/mol. The van der Waals surface area contributed by atoms with Gasteiger partial charge in [0.05, 0.1) is 11.5 Å². The van der Waals surface area contributed by atoms with E-state index in [9.17, 15) is 33.2 Å². The molecular formula is C12H12F3N3O4. The highest BCUT2D eigenvalue weighted by atomic mass is 19.4.